The molecule has 0 unspecified atom stereocenters. The summed E-state index contributed by atoms with van der Waals surface area (Å²) in [5.41, 5.74) is 0.708. The molecule has 1 N–H and O–H groups in total. The van der Waals surface area contributed by atoms with E-state index in [1.54, 1.807) is 6.92 Å². The van der Waals surface area contributed by atoms with E-state index in [1.807, 2.05) is 6.07 Å². The third kappa shape index (κ3) is 2.82. The quantitative estimate of drug-likeness (QED) is 0.894. The lowest BCUT2D eigenvalue weighted by molar-refractivity contribution is 0.0654. The Hall–Kier alpha value is -1.33. The van der Waals surface area contributed by atoms with Gasteiger partial charge in [-0.3, -0.25) is 9.80 Å². The molecule has 0 spiro atoms. The molecule has 2 heterocycles. The Morgan fingerprint density at radius 1 is 1.37 bits per heavy atom. The van der Waals surface area contributed by atoms with Crippen LogP contribution in [0, 0.1) is 6.92 Å². The molecule has 0 radical (unpaired) electrons. The average Bonchev–Trinajstić information content (AvgIpc) is 3.15. The highest BCUT2D eigenvalue weighted by Crippen LogP contribution is 2.27. The number of nitrogens with zero attached hydrogens (tertiary/aromatic N) is 2. The lowest BCUT2D eigenvalue weighted by Crippen LogP contribution is -2.46. The molecule has 0 aromatic carbocycles. The number of furan rings is 1. The van der Waals surface area contributed by atoms with Crippen LogP contribution in [0.4, 0.5) is 0 Å². The van der Waals surface area contributed by atoms with Gasteiger partial charge in [0.05, 0.1) is 6.54 Å². The van der Waals surface area contributed by atoms with Crippen molar-refractivity contribution < 1.29 is 14.3 Å². The van der Waals surface area contributed by atoms with Gasteiger partial charge in [0.25, 0.3) is 0 Å². The maximum Gasteiger partial charge on any atom is 0.372 e. The second-order valence-corrected chi connectivity index (χ2v) is 5.57. The maximum atomic E-state index is 10.9. The largest absolute Gasteiger partial charge is 0.475 e. The van der Waals surface area contributed by atoms with Gasteiger partial charge in [0.1, 0.15) is 5.76 Å². The van der Waals surface area contributed by atoms with Crippen LogP contribution in [0.25, 0.3) is 0 Å². The minimum Gasteiger partial charge on any atom is -0.475 e. The second-order valence-electron chi connectivity index (χ2n) is 5.57. The fraction of sp³-hybridized carbons (Fsp3) is 0.643. The molecule has 0 atom stereocenters. The fourth-order valence-electron chi connectivity index (χ4n) is 2.78. The molecule has 2 fully saturated rings. The molecular weight excluding hydrogens is 244 g/mol. The van der Waals surface area contributed by atoms with E-state index in [1.165, 1.54) is 12.8 Å². The van der Waals surface area contributed by atoms with Gasteiger partial charge in [-0.1, -0.05) is 0 Å². The molecule has 3 rings (SSSR count). The van der Waals surface area contributed by atoms with Gasteiger partial charge in [-0.2, -0.15) is 0 Å². The molecule has 0 bridgehead atoms. The molecule has 2 aliphatic rings. The van der Waals surface area contributed by atoms with Gasteiger partial charge in [-0.05, 0) is 25.8 Å². The number of aryl methyl sites for hydroxylation is 1. The Balaban J connectivity index is 1.56. The Labute approximate surface area is 112 Å². The smallest absolute Gasteiger partial charge is 0.372 e. The van der Waals surface area contributed by atoms with Gasteiger partial charge in [0, 0.05) is 37.8 Å². The molecule has 19 heavy (non-hydrogen) atoms. The maximum absolute atomic E-state index is 10.9. The molecule has 1 saturated heterocycles. The van der Waals surface area contributed by atoms with Crippen molar-refractivity contribution in [1.82, 2.24) is 9.80 Å². The van der Waals surface area contributed by atoms with E-state index in [9.17, 15) is 4.79 Å². The normalized spacial score (nSPS) is 21.7. The topological polar surface area (TPSA) is 56.9 Å². The van der Waals surface area contributed by atoms with Crippen LogP contribution < -0.4 is 0 Å². The number of carboxylic acids is 1. The molecule has 1 aromatic rings. The SMILES string of the molecule is Cc1cc(CN2CCN(C3CC3)CC2)oc1C(=O)O. The molecule has 5 heteroatoms. The highest BCUT2D eigenvalue weighted by molar-refractivity contribution is 5.86. The van der Waals surface area contributed by atoms with Crippen molar-refractivity contribution in [2.45, 2.75) is 32.4 Å². The van der Waals surface area contributed by atoms with Crippen molar-refractivity contribution in [3.8, 4) is 0 Å². The van der Waals surface area contributed by atoms with Crippen molar-refractivity contribution in [1.29, 1.82) is 0 Å². The summed E-state index contributed by atoms with van der Waals surface area (Å²) >= 11 is 0. The predicted octanol–water partition coefficient (Wildman–Crippen LogP) is 1.57. The van der Waals surface area contributed by atoms with Crippen LogP contribution in [0.1, 0.15) is 34.7 Å². The summed E-state index contributed by atoms with van der Waals surface area (Å²) in [5, 5.41) is 8.97. The minimum absolute atomic E-state index is 0.0756. The highest BCUT2D eigenvalue weighted by Gasteiger charge is 2.31. The summed E-state index contributed by atoms with van der Waals surface area (Å²) in [4.78, 5) is 15.8. The Morgan fingerprint density at radius 2 is 2.05 bits per heavy atom. The molecular formula is C14H20N2O3. The summed E-state index contributed by atoms with van der Waals surface area (Å²) in [6.07, 6.45) is 2.72. The summed E-state index contributed by atoms with van der Waals surface area (Å²) in [7, 11) is 0. The summed E-state index contributed by atoms with van der Waals surface area (Å²) in [6.45, 7) is 6.82. The first-order valence-electron chi connectivity index (χ1n) is 6.92. The lowest BCUT2D eigenvalue weighted by atomic mass is 10.2. The number of aromatic carboxylic acids is 1. The average molecular weight is 264 g/mol. The third-order valence-electron chi connectivity index (χ3n) is 4.01. The standard InChI is InChI=1S/C14H20N2O3/c1-10-8-12(19-13(10)14(17)18)9-15-4-6-16(7-5-15)11-2-3-11/h8,11H,2-7,9H2,1H3,(H,17,18). The van der Waals surface area contributed by atoms with Crippen molar-refractivity contribution in [2.75, 3.05) is 26.2 Å². The van der Waals surface area contributed by atoms with Crippen molar-refractivity contribution in [3.05, 3.63) is 23.2 Å². The van der Waals surface area contributed by atoms with Gasteiger partial charge in [0.15, 0.2) is 0 Å². The summed E-state index contributed by atoms with van der Waals surface area (Å²) in [6, 6.07) is 2.68. The molecule has 0 amide bonds. The van der Waals surface area contributed by atoms with Crippen LogP contribution in [0.2, 0.25) is 0 Å². The van der Waals surface area contributed by atoms with Gasteiger partial charge < -0.3 is 9.52 Å². The molecule has 1 aromatic heterocycles. The van der Waals surface area contributed by atoms with E-state index in [0.717, 1.165) is 38.0 Å². The molecule has 1 saturated carbocycles. The van der Waals surface area contributed by atoms with Gasteiger partial charge in [-0.15, -0.1) is 0 Å². The van der Waals surface area contributed by atoms with E-state index >= 15 is 0 Å². The Morgan fingerprint density at radius 3 is 2.58 bits per heavy atom. The van der Waals surface area contributed by atoms with Gasteiger partial charge >= 0.3 is 5.97 Å². The van der Waals surface area contributed by atoms with Gasteiger partial charge in [-0.25, -0.2) is 4.79 Å². The lowest BCUT2D eigenvalue weighted by Gasteiger charge is -2.34. The van der Waals surface area contributed by atoms with E-state index in [-0.39, 0.29) is 5.76 Å². The monoisotopic (exact) mass is 264 g/mol. The number of hydrogen-bond acceptors (Lipinski definition) is 4. The van der Waals surface area contributed by atoms with Crippen molar-refractivity contribution >= 4 is 5.97 Å². The zero-order chi connectivity index (χ0) is 13.4. The summed E-state index contributed by atoms with van der Waals surface area (Å²) < 4.78 is 5.41. The Bertz CT molecular complexity index is 471. The predicted molar refractivity (Wildman–Crippen MR) is 70.3 cm³/mol. The van der Waals surface area contributed by atoms with Crippen LogP contribution in [-0.2, 0) is 6.54 Å². The molecule has 1 aliphatic heterocycles. The van der Waals surface area contributed by atoms with E-state index in [4.69, 9.17) is 9.52 Å². The number of rotatable bonds is 4. The van der Waals surface area contributed by atoms with Crippen LogP contribution in [0.5, 0.6) is 0 Å². The molecule has 104 valence electrons. The molecule has 5 nitrogen and oxygen atoms in total. The van der Waals surface area contributed by atoms with Gasteiger partial charge in [0.2, 0.25) is 5.76 Å². The zero-order valence-electron chi connectivity index (χ0n) is 11.3. The number of carbonyl (C=O) groups is 1. The van der Waals surface area contributed by atoms with E-state index in [2.05, 4.69) is 9.80 Å². The van der Waals surface area contributed by atoms with Crippen molar-refractivity contribution in [3.63, 3.8) is 0 Å². The van der Waals surface area contributed by atoms with Crippen LogP contribution in [-0.4, -0.2) is 53.1 Å². The first-order chi connectivity index (χ1) is 9.13. The van der Waals surface area contributed by atoms with Crippen LogP contribution in [0.3, 0.4) is 0 Å². The minimum atomic E-state index is -0.984. The summed E-state index contributed by atoms with van der Waals surface area (Å²) in [5.74, 6) is -0.149. The first kappa shape index (κ1) is 12.7. The number of carboxylic acid groups (broad SMARTS) is 1. The molecule has 1 aliphatic carbocycles. The zero-order valence-corrected chi connectivity index (χ0v) is 11.3. The Kier molecular flexibility index (Phi) is 3.33. The third-order valence-corrected chi connectivity index (χ3v) is 4.01. The highest BCUT2D eigenvalue weighted by atomic mass is 16.4. The first-order valence-corrected chi connectivity index (χ1v) is 6.92. The van der Waals surface area contributed by atoms with E-state index in [0.29, 0.717) is 12.1 Å². The van der Waals surface area contributed by atoms with Crippen LogP contribution >= 0.6 is 0 Å². The van der Waals surface area contributed by atoms with Crippen molar-refractivity contribution in [2.24, 2.45) is 0 Å². The fourth-order valence-corrected chi connectivity index (χ4v) is 2.78. The number of hydrogen-bond donors (Lipinski definition) is 1. The number of piperazine rings is 1. The van der Waals surface area contributed by atoms with Crippen LogP contribution in [0.15, 0.2) is 10.5 Å². The van der Waals surface area contributed by atoms with E-state index < -0.39 is 5.97 Å². The second kappa shape index (κ2) is 4.98.